The first kappa shape index (κ1) is 15.7. The number of nitrogens with zero attached hydrogens (tertiary/aromatic N) is 1. The SMILES string of the molecule is Cc1cc(C)cc(C(=O)NCC(=O)OCc2ccccn2)c1. The van der Waals surface area contributed by atoms with Gasteiger partial charge in [0.25, 0.3) is 5.91 Å². The van der Waals surface area contributed by atoms with Crippen molar-refractivity contribution in [1.29, 1.82) is 0 Å². The number of aryl methyl sites for hydroxylation is 2. The molecule has 1 heterocycles. The molecule has 114 valence electrons. The summed E-state index contributed by atoms with van der Waals surface area (Å²) in [5, 5.41) is 2.56. The maximum Gasteiger partial charge on any atom is 0.325 e. The smallest absolute Gasteiger partial charge is 0.325 e. The van der Waals surface area contributed by atoms with E-state index in [9.17, 15) is 9.59 Å². The maximum absolute atomic E-state index is 12.0. The lowest BCUT2D eigenvalue weighted by Crippen LogP contribution is -2.30. The highest BCUT2D eigenvalue weighted by Gasteiger charge is 2.10. The van der Waals surface area contributed by atoms with Crippen LogP contribution in [0.2, 0.25) is 0 Å². The van der Waals surface area contributed by atoms with Crippen LogP contribution < -0.4 is 5.32 Å². The van der Waals surface area contributed by atoms with Gasteiger partial charge in [0.2, 0.25) is 0 Å². The number of hydrogen-bond donors (Lipinski definition) is 1. The molecule has 1 aromatic carbocycles. The number of ether oxygens (including phenoxy) is 1. The predicted molar refractivity (Wildman–Crippen MR) is 82.3 cm³/mol. The third-order valence-electron chi connectivity index (χ3n) is 2.98. The molecule has 1 amide bonds. The van der Waals surface area contributed by atoms with Gasteiger partial charge in [-0.3, -0.25) is 14.6 Å². The monoisotopic (exact) mass is 298 g/mol. The van der Waals surface area contributed by atoms with Crippen LogP contribution in [0.15, 0.2) is 42.6 Å². The van der Waals surface area contributed by atoms with Crippen molar-refractivity contribution in [3.63, 3.8) is 0 Å². The van der Waals surface area contributed by atoms with E-state index in [4.69, 9.17) is 4.74 Å². The molecular weight excluding hydrogens is 280 g/mol. The molecule has 1 aromatic heterocycles. The fourth-order valence-electron chi connectivity index (χ4n) is 2.05. The zero-order valence-electron chi connectivity index (χ0n) is 12.6. The number of pyridine rings is 1. The Morgan fingerprint density at radius 3 is 2.50 bits per heavy atom. The first-order valence-corrected chi connectivity index (χ1v) is 6.96. The number of carbonyl (C=O) groups excluding carboxylic acids is 2. The van der Waals surface area contributed by atoms with Gasteiger partial charge in [-0.05, 0) is 38.1 Å². The van der Waals surface area contributed by atoms with Gasteiger partial charge in [-0.15, -0.1) is 0 Å². The summed E-state index contributed by atoms with van der Waals surface area (Å²) in [5.41, 5.74) is 3.21. The van der Waals surface area contributed by atoms with Crippen LogP contribution >= 0.6 is 0 Å². The van der Waals surface area contributed by atoms with Crippen LogP contribution in [0.25, 0.3) is 0 Å². The number of hydrogen-bond acceptors (Lipinski definition) is 4. The van der Waals surface area contributed by atoms with Crippen molar-refractivity contribution in [2.45, 2.75) is 20.5 Å². The minimum Gasteiger partial charge on any atom is -0.458 e. The van der Waals surface area contributed by atoms with E-state index in [1.54, 1.807) is 30.5 Å². The second kappa shape index (κ2) is 7.36. The molecule has 2 aromatic rings. The highest BCUT2D eigenvalue weighted by Crippen LogP contribution is 2.08. The standard InChI is InChI=1S/C17H18N2O3/c1-12-7-13(2)9-14(8-12)17(21)19-10-16(20)22-11-15-5-3-4-6-18-15/h3-9H,10-11H2,1-2H3,(H,19,21). The molecular formula is C17H18N2O3. The Morgan fingerprint density at radius 1 is 1.14 bits per heavy atom. The minimum absolute atomic E-state index is 0.0963. The Kier molecular flexibility index (Phi) is 5.25. The van der Waals surface area contributed by atoms with Gasteiger partial charge >= 0.3 is 5.97 Å². The second-order valence-corrected chi connectivity index (χ2v) is 5.04. The largest absolute Gasteiger partial charge is 0.458 e. The quantitative estimate of drug-likeness (QED) is 0.859. The molecule has 5 nitrogen and oxygen atoms in total. The van der Waals surface area contributed by atoms with E-state index in [-0.39, 0.29) is 19.1 Å². The van der Waals surface area contributed by atoms with E-state index < -0.39 is 5.97 Å². The van der Waals surface area contributed by atoms with Gasteiger partial charge in [-0.25, -0.2) is 0 Å². The molecule has 0 saturated heterocycles. The summed E-state index contributed by atoms with van der Waals surface area (Å²) < 4.78 is 5.05. The summed E-state index contributed by atoms with van der Waals surface area (Å²) in [5.74, 6) is -0.787. The average molecular weight is 298 g/mol. The van der Waals surface area contributed by atoms with Crippen LogP contribution in [0, 0.1) is 13.8 Å². The fourth-order valence-corrected chi connectivity index (χ4v) is 2.05. The van der Waals surface area contributed by atoms with E-state index in [1.165, 1.54) is 0 Å². The van der Waals surface area contributed by atoms with Crippen LogP contribution in [0.4, 0.5) is 0 Å². The Bertz CT molecular complexity index is 649. The third kappa shape index (κ3) is 4.70. The van der Waals surface area contributed by atoms with Crippen LogP contribution in [0.1, 0.15) is 27.2 Å². The minimum atomic E-state index is -0.497. The lowest BCUT2D eigenvalue weighted by molar-refractivity contribution is -0.143. The van der Waals surface area contributed by atoms with Gasteiger partial charge in [0, 0.05) is 11.8 Å². The first-order valence-electron chi connectivity index (χ1n) is 6.96. The zero-order chi connectivity index (χ0) is 15.9. The number of esters is 1. The summed E-state index contributed by atoms with van der Waals surface area (Å²) in [7, 11) is 0. The summed E-state index contributed by atoms with van der Waals surface area (Å²) in [6, 6.07) is 10.9. The van der Waals surface area contributed by atoms with Gasteiger partial charge in [0.05, 0.1) is 5.69 Å². The van der Waals surface area contributed by atoms with Crippen LogP contribution in [-0.2, 0) is 16.1 Å². The van der Waals surface area contributed by atoms with E-state index >= 15 is 0 Å². The molecule has 0 radical (unpaired) electrons. The first-order chi connectivity index (χ1) is 10.5. The highest BCUT2D eigenvalue weighted by molar-refractivity contribution is 5.96. The Morgan fingerprint density at radius 2 is 1.86 bits per heavy atom. The molecule has 0 atom stereocenters. The molecule has 0 aliphatic heterocycles. The number of nitrogens with one attached hydrogen (secondary N) is 1. The van der Waals surface area contributed by atoms with Crippen LogP contribution in [0.5, 0.6) is 0 Å². The Balaban J connectivity index is 1.81. The molecule has 2 rings (SSSR count). The van der Waals surface area contributed by atoms with Gasteiger partial charge in [0.15, 0.2) is 0 Å². The number of aromatic nitrogens is 1. The van der Waals surface area contributed by atoms with Crippen molar-refractivity contribution in [1.82, 2.24) is 10.3 Å². The molecule has 0 spiro atoms. The van der Waals surface area contributed by atoms with Crippen molar-refractivity contribution in [3.8, 4) is 0 Å². The molecule has 0 aliphatic rings. The van der Waals surface area contributed by atoms with Crippen LogP contribution in [-0.4, -0.2) is 23.4 Å². The van der Waals surface area contributed by atoms with E-state index in [0.717, 1.165) is 11.1 Å². The molecule has 1 N–H and O–H groups in total. The summed E-state index contributed by atoms with van der Waals surface area (Å²) >= 11 is 0. The maximum atomic E-state index is 12.0. The molecule has 0 unspecified atom stereocenters. The topological polar surface area (TPSA) is 68.3 Å². The van der Waals surface area contributed by atoms with Gasteiger partial charge < -0.3 is 10.1 Å². The molecule has 0 saturated carbocycles. The zero-order valence-corrected chi connectivity index (χ0v) is 12.6. The lowest BCUT2D eigenvalue weighted by atomic mass is 10.1. The second-order valence-electron chi connectivity index (χ2n) is 5.04. The summed E-state index contributed by atoms with van der Waals surface area (Å²) in [6.07, 6.45) is 1.63. The number of carbonyl (C=O) groups is 2. The third-order valence-corrected chi connectivity index (χ3v) is 2.98. The average Bonchev–Trinajstić information content (AvgIpc) is 2.50. The van der Waals surface area contributed by atoms with Crippen molar-refractivity contribution in [3.05, 3.63) is 65.0 Å². The van der Waals surface area contributed by atoms with Crippen molar-refractivity contribution in [2.24, 2.45) is 0 Å². The lowest BCUT2D eigenvalue weighted by Gasteiger charge is -2.07. The normalized spacial score (nSPS) is 10.1. The molecule has 5 heteroatoms. The van der Waals surface area contributed by atoms with Gasteiger partial charge in [-0.1, -0.05) is 23.3 Å². The van der Waals surface area contributed by atoms with E-state index in [1.807, 2.05) is 26.0 Å². The Hall–Kier alpha value is -2.69. The van der Waals surface area contributed by atoms with Crippen molar-refractivity contribution < 1.29 is 14.3 Å². The Labute approximate surface area is 129 Å². The van der Waals surface area contributed by atoms with Gasteiger partial charge in [0.1, 0.15) is 13.2 Å². The highest BCUT2D eigenvalue weighted by atomic mass is 16.5. The number of amides is 1. The predicted octanol–water partition coefficient (Wildman–Crippen LogP) is 2.17. The molecule has 0 aliphatic carbocycles. The summed E-state index contributed by atoms with van der Waals surface area (Å²) in [6.45, 7) is 3.77. The van der Waals surface area contributed by atoms with Crippen molar-refractivity contribution in [2.75, 3.05) is 6.54 Å². The molecule has 0 fully saturated rings. The van der Waals surface area contributed by atoms with Crippen LogP contribution in [0.3, 0.4) is 0 Å². The number of benzene rings is 1. The fraction of sp³-hybridized carbons (Fsp3) is 0.235. The molecule has 22 heavy (non-hydrogen) atoms. The van der Waals surface area contributed by atoms with Gasteiger partial charge in [-0.2, -0.15) is 0 Å². The van der Waals surface area contributed by atoms with E-state index in [2.05, 4.69) is 10.3 Å². The van der Waals surface area contributed by atoms with Crippen molar-refractivity contribution >= 4 is 11.9 Å². The molecule has 0 bridgehead atoms. The summed E-state index contributed by atoms with van der Waals surface area (Å²) in [4.78, 5) is 27.7. The van der Waals surface area contributed by atoms with E-state index in [0.29, 0.717) is 11.3 Å². The number of rotatable bonds is 5.